The Hall–Kier alpha value is -1.70. The number of benzene rings is 1. The highest BCUT2D eigenvalue weighted by molar-refractivity contribution is 7.89. The summed E-state index contributed by atoms with van der Waals surface area (Å²) in [4.78, 5) is 14.9. The summed E-state index contributed by atoms with van der Waals surface area (Å²) in [6.07, 6.45) is 6.61. The molecule has 142 valence electrons. The van der Waals surface area contributed by atoms with Gasteiger partial charge in [0.2, 0.25) is 15.9 Å². The molecule has 1 saturated heterocycles. The molecule has 26 heavy (non-hydrogen) atoms. The van der Waals surface area contributed by atoms with Gasteiger partial charge in [0, 0.05) is 37.8 Å². The standard InChI is InChI=1S/C19H27N3O3S/c1-2-21-11-13-22(14-12-21)26(24,25)18-10-6-9-17(15-18)20-19(23)16-7-4-3-5-8-16/h3-4,6,9-10,15-16H,2,5,7-8,11-14H2,1H3,(H,20,23). The highest BCUT2D eigenvalue weighted by atomic mass is 32.2. The van der Waals surface area contributed by atoms with E-state index in [1.54, 1.807) is 24.3 Å². The quantitative estimate of drug-likeness (QED) is 0.800. The average molecular weight is 378 g/mol. The van der Waals surface area contributed by atoms with Crippen LogP contribution in [0.3, 0.4) is 0 Å². The molecule has 1 aliphatic heterocycles. The molecule has 1 aromatic rings. The molecule has 0 aromatic heterocycles. The molecule has 1 fully saturated rings. The smallest absolute Gasteiger partial charge is 0.243 e. The molecule has 1 unspecified atom stereocenters. The van der Waals surface area contributed by atoms with Crippen molar-refractivity contribution < 1.29 is 13.2 Å². The van der Waals surface area contributed by atoms with Crippen LogP contribution in [0.1, 0.15) is 26.2 Å². The molecular weight excluding hydrogens is 350 g/mol. The van der Waals surface area contributed by atoms with Crippen molar-refractivity contribution in [2.45, 2.75) is 31.1 Å². The van der Waals surface area contributed by atoms with Crippen molar-refractivity contribution in [2.24, 2.45) is 5.92 Å². The number of amides is 1. The fourth-order valence-electron chi connectivity index (χ4n) is 3.45. The summed E-state index contributed by atoms with van der Waals surface area (Å²) in [5, 5.41) is 2.88. The molecule has 1 N–H and O–H groups in total. The molecule has 1 aliphatic carbocycles. The van der Waals surface area contributed by atoms with E-state index < -0.39 is 10.0 Å². The second-order valence-electron chi connectivity index (χ2n) is 6.84. The maximum Gasteiger partial charge on any atom is 0.243 e. The number of carbonyl (C=O) groups is 1. The van der Waals surface area contributed by atoms with Gasteiger partial charge in [-0.25, -0.2) is 8.42 Å². The summed E-state index contributed by atoms with van der Waals surface area (Å²) in [5.74, 6) is -0.0807. The minimum absolute atomic E-state index is 0.0395. The van der Waals surface area contributed by atoms with Crippen molar-refractivity contribution in [1.29, 1.82) is 0 Å². The van der Waals surface area contributed by atoms with Gasteiger partial charge in [-0.15, -0.1) is 0 Å². The van der Waals surface area contributed by atoms with Gasteiger partial charge < -0.3 is 10.2 Å². The topological polar surface area (TPSA) is 69.7 Å². The van der Waals surface area contributed by atoms with Crippen molar-refractivity contribution in [3.05, 3.63) is 36.4 Å². The van der Waals surface area contributed by atoms with Crippen LogP contribution < -0.4 is 5.32 Å². The molecule has 1 atom stereocenters. The van der Waals surface area contributed by atoms with E-state index >= 15 is 0 Å². The number of hydrogen-bond donors (Lipinski definition) is 1. The summed E-state index contributed by atoms with van der Waals surface area (Å²) in [7, 11) is -3.53. The zero-order valence-corrected chi connectivity index (χ0v) is 16.0. The van der Waals surface area contributed by atoms with Crippen LogP contribution in [0.5, 0.6) is 0 Å². The normalized spacial score (nSPS) is 22.3. The van der Waals surface area contributed by atoms with Crippen molar-refractivity contribution in [1.82, 2.24) is 9.21 Å². The summed E-state index contributed by atoms with van der Waals surface area (Å²) in [6, 6.07) is 6.59. The first kappa shape index (κ1) is 19.1. The van der Waals surface area contributed by atoms with Gasteiger partial charge in [-0.3, -0.25) is 4.79 Å². The van der Waals surface area contributed by atoms with Gasteiger partial charge in [-0.2, -0.15) is 4.31 Å². The molecule has 2 aliphatic rings. The monoisotopic (exact) mass is 377 g/mol. The number of anilines is 1. The highest BCUT2D eigenvalue weighted by Gasteiger charge is 2.28. The zero-order chi connectivity index (χ0) is 18.6. The molecule has 1 aromatic carbocycles. The molecule has 3 rings (SSSR count). The molecule has 7 heteroatoms. The molecule has 0 saturated carbocycles. The van der Waals surface area contributed by atoms with Gasteiger partial charge >= 0.3 is 0 Å². The average Bonchev–Trinajstić information content (AvgIpc) is 2.69. The predicted octanol–water partition coefficient (Wildman–Crippen LogP) is 2.31. The first-order chi connectivity index (χ1) is 12.5. The zero-order valence-electron chi connectivity index (χ0n) is 15.2. The van der Waals surface area contributed by atoms with Crippen molar-refractivity contribution in [3.8, 4) is 0 Å². The number of rotatable bonds is 5. The lowest BCUT2D eigenvalue weighted by molar-refractivity contribution is -0.120. The van der Waals surface area contributed by atoms with Crippen LogP contribution in [0, 0.1) is 5.92 Å². The second kappa shape index (κ2) is 8.33. The van der Waals surface area contributed by atoms with E-state index in [1.165, 1.54) is 4.31 Å². The van der Waals surface area contributed by atoms with E-state index in [4.69, 9.17) is 0 Å². The predicted molar refractivity (Wildman–Crippen MR) is 102 cm³/mol. The Labute approximate surface area is 155 Å². The first-order valence-corrected chi connectivity index (χ1v) is 10.7. The number of piperazine rings is 1. The molecule has 6 nitrogen and oxygen atoms in total. The fraction of sp³-hybridized carbons (Fsp3) is 0.526. The molecular formula is C19H27N3O3S. The highest BCUT2D eigenvalue weighted by Crippen LogP contribution is 2.23. The van der Waals surface area contributed by atoms with E-state index in [0.29, 0.717) is 18.8 Å². The number of allylic oxidation sites excluding steroid dienone is 2. The first-order valence-electron chi connectivity index (χ1n) is 9.29. The lowest BCUT2D eigenvalue weighted by Crippen LogP contribution is -2.48. The summed E-state index contributed by atoms with van der Waals surface area (Å²) >= 11 is 0. The van der Waals surface area contributed by atoms with Gasteiger partial charge in [-0.1, -0.05) is 25.1 Å². The van der Waals surface area contributed by atoms with Crippen LogP contribution in [0.15, 0.2) is 41.3 Å². The Morgan fingerprint density at radius 1 is 1.19 bits per heavy atom. The summed E-state index contributed by atoms with van der Waals surface area (Å²) in [5.41, 5.74) is 0.540. The number of nitrogens with zero attached hydrogens (tertiary/aromatic N) is 2. The molecule has 0 radical (unpaired) electrons. The van der Waals surface area contributed by atoms with Crippen LogP contribution in [0.4, 0.5) is 5.69 Å². The molecule has 0 bridgehead atoms. The Morgan fingerprint density at radius 3 is 2.62 bits per heavy atom. The minimum Gasteiger partial charge on any atom is -0.326 e. The second-order valence-corrected chi connectivity index (χ2v) is 8.77. The van der Waals surface area contributed by atoms with Gasteiger partial charge in [0.15, 0.2) is 0 Å². The van der Waals surface area contributed by atoms with Gasteiger partial charge in [0.1, 0.15) is 0 Å². The van der Waals surface area contributed by atoms with Gasteiger partial charge in [0.05, 0.1) is 4.90 Å². The van der Waals surface area contributed by atoms with E-state index in [1.807, 2.05) is 6.08 Å². The third kappa shape index (κ3) is 4.34. The maximum absolute atomic E-state index is 12.9. The van der Waals surface area contributed by atoms with Crippen molar-refractivity contribution in [2.75, 3.05) is 38.0 Å². The van der Waals surface area contributed by atoms with E-state index in [9.17, 15) is 13.2 Å². The Bertz CT molecular complexity index is 768. The summed E-state index contributed by atoms with van der Waals surface area (Å²) < 4.78 is 27.3. The minimum atomic E-state index is -3.53. The third-order valence-electron chi connectivity index (χ3n) is 5.16. The maximum atomic E-state index is 12.9. The Morgan fingerprint density at radius 2 is 1.96 bits per heavy atom. The van der Waals surface area contributed by atoms with Crippen LogP contribution in [-0.4, -0.2) is 56.3 Å². The number of nitrogens with one attached hydrogen (secondary N) is 1. The Kier molecular flexibility index (Phi) is 6.11. The van der Waals surface area contributed by atoms with Crippen LogP contribution in [0.25, 0.3) is 0 Å². The molecule has 1 amide bonds. The lowest BCUT2D eigenvalue weighted by atomic mass is 9.93. The third-order valence-corrected chi connectivity index (χ3v) is 7.05. The molecule has 0 spiro atoms. The largest absolute Gasteiger partial charge is 0.326 e. The van der Waals surface area contributed by atoms with Crippen LogP contribution >= 0.6 is 0 Å². The molecule has 1 heterocycles. The number of carbonyl (C=O) groups excluding carboxylic acids is 1. The van der Waals surface area contributed by atoms with Gasteiger partial charge in [0.25, 0.3) is 0 Å². The van der Waals surface area contributed by atoms with Crippen molar-refractivity contribution >= 4 is 21.6 Å². The van der Waals surface area contributed by atoms with Gasteiger partial charge in [-0.05, 0) is 44.0 Å². The number of likely N-dealkylation sites (N-methyl/N-ethyl adjacent to an activating group) is 1. The Balaban J connectivity index is 1.70. The SMILES string of the molecule is CCN1CCN(S(=O)(=O)c2cccc(NC(=O)C3CC=CCC3)c2)CC1. The van der Waals surface area contributed by atoms with E-state index in [0.717, 1.165) is 38.9 Å². The number of sulfonamides is 1. The lowest BCUT2D eigenvalue weighted by Gasteiger charge is -2.33. The summed E-state index contributed by atoms with van der Waals surface area (Å²) in [6.45, 7) is 5.52. The van der Waals surface area contributed by atoms with Crippen LogP contribution in [-0.2, 0) is 14.8 Å². The number of hydrogen-bond acceptors (Lipinski definition) is 4. The van der Waals surface area contributed by atoms with Crippen LogP contribution in [0.2, 0.25) is 0 Å². The van der Waals surface area contributed by atoms with E-state index in [-0.39, 0.29) is 16.7 Å². The fourth-order valence-corrected chi connectivity index (χ4v) is 4.91. The van der Waals surface area contributed by atoms with Crippen molar-refractivity contribution in [3.63, 3.8) is 0 Å². The van der Waals surface area contributed by atoms with E-state index in [2.05, 4.69) is 23.2 Å².